The highest BCUT2D eigenvalue weighted by Gasteiger charge is 2.32. The monoisotopic (exact) mass is 425 g/mol. The van der Waals surface area contributed by atoms with Crippen LogP contribution in [0, 0.1) is 0 Å². The van der Waals surface area contributed by atoms with Gasteiger partial charge in [-0.15, -0.1) is 12.4 Å². The third-order valence-electron chi connectivity index (χ3n) is 4.35. The molecule has 0 saturated carbocycles. The van der Waals surface area contributed by atoms with Crippen molar-refractivity contribution in [3.8, 4) is 0 Å². The van der Waals surface area contributed by atoms with Gasteiger partial charge in [0.05, 0.1) is 10.6 Å². The zero-order chi connectivity index (χ0) is 18.5. The second-order valence-corrected chi connectivity index (χ2v) is 10.0. The van der Waals surface area contributed by atoms with E-state index in [9.17, 15) is 16.8 Å². The number of hydrogen-bond acceptors (Lipinski definition) is 5. The van der Waals surface area contributed by atoms with E-state index < -0.39 is 20.0 Å². The summed E-state index contributed by atoms with van der Waals surface area (Å²) in [6.45, 7) is 2.69. The van der Waals surface area contributed by atoms with Gasteiger partial charge in [0.2, 0.25) is 20.0 Å². The van der Waals surface area contributed by atoms with Gasteiger partial charge in [0.15, 0.2) is 0 Å². The Bertz CT molecular complexity index is 767. The van der Waals surface area contributed by atoms with Crippen LogP contribution in [-0.2, 0) is 20.0 Å². The molecule has 1 heterocycles. The van der Waals surface area contributed by atoms with Gasteiger partial charge in [-0.2, -0.15) is 4.31 Å². The molecule has 1 aromatic carbocycles. The van der Waals surface area contributed by atoms with Crippen molar-refractivity contribution >= 4 is 38.1 Å². The average Bonchev–Trinajstić information content (AvgIpc) is 2.60. The molecule has 1 fully saturated rings. The molecule has 10 heteroatoms. The number of hydrogen-bond donors (Lipinski definition) is 2. The molecular weight excluding hydrogens is 398 g/mol. The van der Waals surface area contributed by atoms with Crippen LogP contribution in [0.15, 0.2) is 29.2 Å². The molecule has 3 N–H and O–H groups in total. The predicted molar refractivity (Wildman–Crippen MR) is 107 cm³/mol. The van der Waals surface area contributed by atoms with Crippen LogP contribution in [0.3, 0.4) is 0 Å². The molecule has 1 unspecified atom stereocenters. The number of unbranched alkanes of at least 4 members (excludes halogenated alkanes) is 1. The van der Waals surface area contributed by atoms with E-state index in [1.807, 2.05) is 6.92 Å². The van der Waals surface area contributed by atoms with Crippen LogP contribution in [0.1, 0.15) is 39.0 Å². The summed E-state index contributed by atoms with van der Waals surface area (Å²) >= 11 is 0. The summed E-state index contributed by atoms with van der Waals surface area (Å²) in [5.41, 5.74) is 6.08. The maximum absolute atomic E-state index is 12.8. The molecule has 0 aliphatic carbocycles. The number of nitrogens with two attached hydrogens (primary N) is 1. The van der Waals surface area contributed by atoms with Crippen molar-refractivity contribution in [2.75, 3.05) is 23.6 Å². The van der Waals surface area contributed by atoms with Crippen LogP contribution in [0.25, 0.3) is 0 Å². The van der Waals surface area contributed by atoms with Gasteiger partial charge in [-0.3, -0.25) is 4.72 Å². The molecule has 150 valence electrons. The second kappa shape index (κ2) is 9.89. The molecule has 1 aromatic rings. The molecule has 0 spiro atoms. The average molecular weight is 426 g/mol. The van der Waals surface area contributed by atoms with Crippen molar-refractivity contribution in [2.45, 2.75) is 50.0 Å². The van der Waals surface area contributed by atoms with Gasteiger partial charge in [-0.05, 0) is 43.5 Å². The highest BCUT2D eigenvalue weighted by molar-refractivity contribution is 7.92. The predicted octanol–water partition coefficient (Wildman–Crippen LogP) is 2.15. The van der Waals surface area contributed by atoms with E-state index in [2.05, 4.69) is 4.72 Å². The van der Waals surface area contributed by atoms with E-state index >= 15 is 0 Å². The summed E-state index contributed by atoms with van der Waals surface area (Å²) < 4.78 is 53.4. The summed E-state index contributed by atoms with van der Waals surface area (Å²) in [4.78, 5) is 0.157. The molecule has 0 aromatic heterocycles. The lowest BCUT2D eigenvalue weighted by molar-refractivity contribution is 0.257. The third-order valence-corrected chi connectivity index (χ3v) is 7.68. The Hall–Kier alpha value is -0.870. The Balaban J connectivity index is 0.00000338. The fourth-order valence-electron chi connectivity index (χ4n) is 2.92. The maximum Gasteiger partial charge on any atom is 0.243 e. The number of benzene rings is 1. The molecule has 0 radical (unpaired) electrons. The van der Waals surface area contributed by atoms with Gasteiger partial charge in [0.25, 0.3) is 0 Å². The summed E-state index contributed by atoms with van der Waals surface area (Å²) in [6.07, 6.45) is 3.94. The summed E-state index contributed by atoms with van der Waals surface area (Å²) in [5.74, 6) is 0.0511. The van der Waals surface area contributed by atoms with E-state index in [1.54, 1.807) is 0 Å². The highest BCUT2D eigenvalue weighted by Crippen LogP contribution is 2.26. The molecule has 0 bridgehead atoms. The molecule has 1 aliphatic heterocycles. The summed E-state index contributed by atoms with van der Waals surface area (Å²) in [5, 5.41) is 0. The lowest BCUT2D eigenvalue weighted by Gasteiger charge is -2.33. The minimum absolute atomic E-state index is 0. The van der Waals surface area contributed by atoms with E-state index in [-0.39, 0.29) is 29.1 Å². The lowest BCUT2D eigenvalue weighted by atomic mass is 10.1. The lowest BCUT2D eigenvalue weighted by Crippen LogP contribution is -2.47. The Morgan fingerprint density at radius 1 is 1.15 bits per heavy atom. The molecule has 26 heavy (non-hydrogen) atoms. The van der Waals surface area contributed by atoms with Crippen molar-refractivity contribution < 1.29 is 16.8 Å². The maximum atomic E-state index is 12.8. The van der Waals surface area contributed by atoms with Crippen molar-refractivity contribution in [3.63, 3.8) is 0 Å². The first-order chi connectivity index (χ1) is 11.8. The standard InChI is InChI=1S/C16H27N3O4S2.ClH/c1-2-3-12-24(20,21)18-14-7-9-16(10-8-14)25(22,23)19-11-5-4-6-15(19)13-17;/h7-10,15,18H,2-6,11-13,17H2,1H3;1H. The van der Waals surface area contributed by atoms with E-state index in [4.69, 9.17) is 5.73 Å². The van der Waals surface area contributed by atoms with Crippen molar-refractivity contribution in [2.24, 2.45) is 5.73 Å². The van der Waals surface area contributed by atoms with Gasteiger partial charge in [-0.1, -0.05) is 19.8 Å². The molecule has 1 atom stereocenters. The molecule has 0 amide bonds. The van der Waals surface area contributed by atoms with Gasteiger partial charge in [0.1, 0.15) is 0 Å². The Morgan fingerprint density at radius 3 is 2.38 bits per heavy atom. The number of piperidine rings is 1. The normalized spacial score (nSPS) is 18.9. The van der Waals surface area contributed by atoms with Crippen LogP contribution >= 0.6 is 12.4 Å². The fraction of sp³-hybridized carbons (Fsp3) is 0.625. The van der Waals surface area contributed by atoms with Gasteiger partial charge >= 0.3 is 0 Å². The van der Waals surface area contributed by atoms with Crippen LogP contribution in [-0.4, -0.2) is 46.0 Å². The largest absolute Gasteiger partial charge is 0.329 e. The zero-order valence-electron chi connectivity index (χ0n) is 14.9. The smallest absolute Gasteiger partial charge is 0.243 e. The summed E-state index contributed by atoms with van der Waals surface area (Å²) in [6, 6.07) is 5.67. The van der Waals surface area contributed by atoms with Crippen molar-refractivity contribution in [1.82, 2.24) is 4.31 Å². The van der Waals surface area contributed by atoms with Crippen LogP contribution < -0.4 is 10.5 Å². The number of rotatable bonds is 8. The minimum Gasteiger partial charge on any atom is -0.329 e. The van der Waals surface area contributed by atoms with Crippen molar-refractivity contribution in [1.29, 1.82) is 0 Å². The van der Waals surface area contributed by atoms with E-state index in [0.717, 1.165) is 25.7 Å². The molecule has 2 rings (SSSR count). The van der Waals surface area contributed by atoms with Gasteiger partial charge in [0, 0.05) is 24.8 Å². The van der Waals surface area contributed by atoms with E-state index in [1.165, 1.54) is 28.6 Å². The first-order valence-electron chi connectivity index (χ1n) is 8.62. The van der Waals surface area contributed by atoms with Gasteiger partial charge in [-0.25, -0.2) is 16.8 Å². The number of nitrogens with one attached hydrogen (secondary N) is 1. The Kier molecular flexibility index (Phi) is 8.81. The fourth-order valence-corrected chi connectivity index (χ4v) is 5.89. The highest BCUT2D eigenvalue weighted by atomic mass is 35.5. The SMILES string of the molecule is CCCCS(=O)(=O)Nc1ccc(S(=O)(=O)N2CCCCC2CN)cc1.Cl. The first kappa shape index (κ1) is 23.2. The van der Waals surface area contributed by atoms with Crippen molar-refractivity contribution in [3.05, 3.63) is 24.3 Å². The van der Waals surface area contributed by atoms with Crippen LogP contribution in [0.4, 0.5) is 5.69 Å². The van der Waals surface area contributed by atoms with Crippen LogP contribution in [0.5, 0.6) is 0 Å². The number of halogens is 1. The topological polar surface area (TPSA) is 110 Å². The third kappa shape index (κ3) is 5.82. The second-order valence-electron chi connectivity index (χ2n) is 6.30. The molecule has 1 aliphatic rings. The molecule has 1 saturated heterocycles. The number of nitrogens with zero attached hydrogens (tertiary/aromatic N) is 1. The minimum atomic E-state index is -3.62. The quantitative estimate of drug-likeness (QED) is 0.663. The van der Waals surface area contributed by atoms with E-state index in [0.29, 0.717) is 25.2 Å². The number of sulfonamides is 2. The zero-order valence-corrected chi connectivity index (χ0v) is 17.4. The Morgan fingerprint density at radius 2 is 1.81 bits per heavy atom. The summed E-state index contributed by atoms with van der Waals surface area (Å²) in [7, 11) is -7.03. The number of anilines is 1. The molecule has 7 nitrogen and oxygen atoms in total. The van der Waals surface area contributed by atoms with Crippen LogP contribution in [0.2, 0.25) is 0 Å². The van der Waals surface area contributed by atoms with Gasteiger partial charge < -0.3 is 5.73 Å². The first-order valence-corrected chi connectivity index (χ1v) is 11.7. The molecular formula is C16H28ClN3O4S2. The Labute approximate surface area is 162 Å².